The molecule has 0 spiro atoms. The van der Waals surface area contributed by atoms with Crippen LogP contribution < -0.4 is 15.4 Å². The second-order valence-electron chi connectivity index (χ2n) is 6.99. The van der Waals surface area contributed by atoms with Crippen molar-refractivity contribution in [1.29, 1.82) is 0 Å². The molecule has 0 radical (unpaired) electrons. The first-order valence-electron chi connectivity index (χ1n) is 9.22. The van der Waals surface area contributed by atoms with E-state index in [1.807, 2.05) is 37.3 Å². The Morgan fingerprint density at radius 3 is 2.70 bits per heavy atom. The quantitative estimate of drug-likeness (QED) is 0.671. The van der Waals surface area contributed by atoms with Gasteiger partial charge in [0.2, 0.25) is 15.9 Å². The van der Waals surface area contributed by atoms with E-state index in [4.69, 9.17) is 16.3 Å². The van der Waals surface area contributed by atoms with Crippen LogP contribution in [-0.2, 0) is 19.6 Å². The first-order chi connectivity index (χ1) is 14.2. The molecule has 0 aliphatic carbocycles. The van der Waals surface area contributed by atoms with Gasteiger partial charge in [-0.25, -0.2) is 8.42 Å². The van der Waals surface area contributed by atoms with Gasteiger partial charge in [0.25, 0.3) is 5.91 Å². The molecule has 0 fully saturated rings. The van der Waals surface area contributed by atoms with Crippen LogP contribution in [-0.4, -0.2) is 51.3 Å². The number of sulfonamides is 1. The Kier molecular flexibility index (Phi) is 6.64. The van der Waals surface area contributed by atoms with E-state index in [0.717, 1.165) is 9.87 Å². The molecule has 1 atom stereocenters. The molecule has 0 aromatic heterocycles. The molecule has 3 rings (SSSR count). The smallest absolute Gasteiger partial charge is 0.262 e. The van der Waals surface area contributed by atoms with Crippen LogP contribution in [0.1, 0.15) is 18.4 Å². The van der Waals surface area contributed by atoms with E-state index < -0.39 is 15.9 Å². The largest absolute Gasteiger partial charge is 0.482 e. The van der Waals surface area contributed by atoms with Gasteiger partial charge in [-0.15, -0.1) is 0 Å². The van der Waals surface area contributed by atoms with Crippen LogP contribution in [0, 0.1) is 0 Å². The molecular formula is C20H22ClN3O5S. The van der Waals surface area contributed by atoms with Gasteiger partial charge in [0, 0.05) is 19.7 Å². The van der Waals surface area contributed by atoms with Crippen LogP contribution >= 0.6 is 11.6 Å². The van der Waals surface area contributed by atoms with Crippen LogP contribution in [0.5, 0.6) is 5.75 Å². The summed E-state index contributed by atoms with van der Waals surface area (Å²) in [5, 5.41) is 5.24. The number of halogens is 1. The number of amides is 2. The first-order valence-corrected chi connectivity index (χ1v) is 11.0. The molecule has 1 heterocycles. The minimum absolute atomic E-state index is 0.0792. The van der Waals surface area contributed by atoms with Gasteiger partial charge in [-0.05, 0) is 17.5 Å². The van der Waals surface area contributed by atoms with Gasteiger partial charge in [0.1, 0.15) is 10.6 Å². The molecular weight excluding hydrogens is 430 g/mol. The summed E-state index contributed by atoms with van der Waals surface area (Å²) in [6.45, 7) is 1.77. The Balaban J connectivity index is 1.66. The van der Waals surface area contributed by atoms with Gasteiger partial charge in [0.15, 0.2) is 6.61 Å². The Labute approximate surface area is 180 Å². The third kappa shape index (κ3) is 4.92. The molecule has 0 saturated carbocycles. The van der Waals surface area contributed by atoms with Crippen molar-refractivity contribution in [2.24, 2.45) is 0 Å². The Hall–Kier alpha value is -2.62. The van der Waals surface area contributed by atoms with Crippen LogP contribution in [0.4, 0.5) is 5.69 Å². The SMILES string of the molecule is CC(CNC(=O)CN(C)S(=O)(=O)c1cc2c(cc1Cl)NC(=O)CO2)c1ccccc1. The van der Waals surface area contributed by atoms with Crippen molar-refractivity contribution < 1.29 is 22.7 Å². The molecule has 0 saturated heterocycles. The molecule has 160 valence electrons. The van der Waals surface area contributed by atoms with E-state index in [9.17, 15) is 18.0 Å². The summed E-state index contributed by atoms with van der Waals surface area (Å²) in [7, 11) is -2.76. The normalized spacial score (nSPS) is 14.5. The van der Waals surface area contributed by atoms with Crippen LogP contribution in [0.2, 0.25) is 5.02 Å². The summed E-state index contributed by atoms with van der Waals surface area (Å²) < 4.78 is 32.0. The minimum Gasteiger partial charge on any atom is -0.482 e. The predicted octanol–water partition coefficient (Wildman–Crippen LogP) is 2.21. The number of anilines is 1. The third-order valence-corrected chi connectivity index (χ3v) is 6.96. The highest BCUT2D eigenvalue weighted by atomic mass is 35.5. The number of hydrogen-bond donors (Lipinski definition) is 2. The zero-order valence-electron chi connectivity index (χ0n) is 16.5. The summed E-state index contributed by atoms with van der Waals surface area (Å²) in [6, 6.07) is 12.3. The fourth-order valence-corrected chi connectivity index (χ4v) is 4.60. The molecule has 2 aromatic rings. The van der Waals surface area contributed by atoms with Gasteiger partial charge in [0.05, 0.1) is 17.3 Å². The minimum atomic E-state index is -4.05. The van der Waals surface area contributed by atoms with E-state index in [1.54, 1.807) is 0 Å². The van der Waals surface area contributed by atoms with Gasteiger partial charge in [-0.3, -0.25) is 9.59 Å². The number of likely N-dealkylation sites (N-methyl/N-ethyl adjacent to an activating group) is 1. The van der Waals surface area contributed by atoms with E-state index >= 15 is 0 Å². The maximum Gasteiger partial charge on any atom is 0.262 e. The number of hydrogen-bond acceptors (Lipinski definition) is 5. The van der Waals surface area contributed by atoms with E-state index in [1.165, 1.54) is 19.2 Å². The molecule has 2 aromatic carbocycles. The fraction of sp³-hybridized carbons (Fsp3) is 0.300. The number of benzene rings is 2. The highest BCUT2D eigenvalue weighted by Crippen LogP contribution is 2.36. The lowest BCUT2D eigenvalue weighted by molar-refractivity contribution is -0.121. The molecule has 2 amide bonds. The maximum atomic E-state index is 12.9. The van der Waals surface area contributed by atoms with Crippen LogP contribution in [0.3, 0.4) is 0 Å². The highest BCUT2D eigenvalue weighted by molar-refractivity contribution is 7.89. The number of nitrogens with one attached hydrogen (secondary N) is 2. The number of ether oxygens (including phenoxy) is 1. The van der Waals surface area contributed by atoms with Crippen molar-refractivity contribution in [2.75, 3.05) is 32.1 Å². The predicted molar refractivity (Wildman–Crippen MR) is 113 cm³/mol. The summed E-state index contributed by atoms with van der Waals surface area (Å²) in [5.74, 6) is -0.499. The molecule has 8 nitrogen and oxygen atoms in total. The van der Waals surface area contributed by atoms with Crippen molar-refractivity contribution in [3.8, 4) is 5.75 Å². The lowest BCUT2D eigenvalue weighted by Gasteiger charge is -2.22. The maximum absolute atomic E-state index is 12.9. The molecule has 0 bridgehead atoms. The number of fused-ring (bicyclic) bond motifs is 1. The van der Waals surface area contributed by atoms with E-state index in [0.29, 0.717) is 12.2 Å². The van der Waals surface area contributed by atoms with Crippen molar-refractivity contribution in [3.63, 3.8) is 0 Å². The molecule has 1 aliphatic heterocycles. The van der Waals surface area contributed by atoms with Crippen molar-refractivity contribution >= 4 is 39.1 Å². The second kappa shape index (κ2) is 9.03. The van der Waals surface area contributed by atoms with Crippen LogP contribution in [0.25, 0.3) is 0 Å². The zero-order chi connectivity index (χ0) is 21.9. The van der Waals surface area contributed by atoms with Crippen LogP contribution in [0.15, 0.2) is 47.4 Å². The number of rotatable bonds is 7. The Morgan fingerprint density at radius 1 is 1.30 bits per heavy atom. The molecule has 30 heavy (non-hydrogen) atoms. The molecule has 1 aliphatic rings. The van der Waals surface area contributed by atoms with Gasteiger partial charge >= 0.3 is 0 Å². The van der Waals surface area contributed by atoms with E-state index in [-0.39, 0.29) is 40.6 Å². The van der Waals surface area contributed by atoms with Gasteiger partial charge < -0.3 is 15.4 Å². The first kappa shape index (κ1) is 22.1. The highest BCUT2D eigenvalue weighted by Gasteiger charge is 2.28. The Bertz CT molecular complexity index is 1060. The molecule has 2 N–H and O–H groups in total. The second-order valence-corrected chi connectivity index (χ2v) is 9.41. The van der Waals surface area contributed by atoms with Gasteiger partial charge in [-0.2, -0.15) is 4.31 Å². The monoisotopic (exact) mass is 451 g/mol. The number of carbonyl (C=O) groups is 2. The van der Waals surface area contributed by atoms with Gasteiger partial charge in [-0.1, -0.05) is 48.9 Å². The lowest BCUT2D eigenvalue weighted by atomic mass is 10.0. The lowest BCUT2D eigenvalue weighted by Crippen LogP contribution is -2.39. The Morgan fingerprint density at radius 2 is 2.00 bits per heavy atom. The van der Waals surface area contributed by atoms with Crippen molar-refractivity contribution in [1.82, 2.24) is 9.62 Å². The number of nitrogens with zero attached hydrogens (tertiary/aromatic N) is 1. The van der Waals surface area contributed by atoms with Crippen molar-refractivity contribution in [3.05, 3.63) is 53.1 Å². The standard InChI is InChI=1S/C20H22ClN3O5S/c1-13(14-6-4-3-5-7-14)10-22-19(25)11-24(2)30(27,28)18-9-17-16(8-15(18)21)23-20(26)12-29-17/h3-9,13H,10-12H2,1-2H3,(H,22,25)(H,23,26). The fourth-order valence-electron chi connectivity index (χ4n) is 2.96. The summed E-state index contributed by atoms with van der Waals surface area (Å²) in [6.07, 6.45) is 0. The number of carbonyl (C=O) groups excluding carboxylic acids is 2. The summed E-state index contributed by atoms with van der Waals surface area (Å²) in [5.41, 5.74) is 1.37. The van der Waals surface area contributed by atoms with E-state index in [2.05, 4.69) is 10.6 Å². The summed E-state index contributed by atoms with van der Waals surface area (Å²) >= 11 is 6.13. The molecule has 1 unspecified atom stereocenters. The summed E-state index contributed by atoms with van der Waals surface area (Å²) in [4.78, 5) is 23.5. The van der Waals surface area contributed by atoms with Crippen molar-refractivity contribution in [2.45, 2.75) is 17.7 Å². The topological polar surface area (TPSA) is 105 Å². The molecule has 10 heteroatoms. The third-order valence-electron chi connectivity index (χ3n) is 4.70. The average Bonchev–Trinajstić information content (AvgIpc) is 2.71. The zero-order valence-corrected chi connectivity index (χ0v) is 18.1. The average molecular weight is 452 g/mol.